The zero-order valence-corrected chi connectivity index (χ0v) is 29.4. The van der Waals surface area contributed by atoms with Crippen molar-refractivity contribution in [2.45, 2.75) is 37.6 Å². The van der Waals surface area contributed by atoms with Gasteiger partial charge in [0.15, 0.2) is 5.69 Å². The van der Waals surface area contributed by atoms with Crippen molar-refractivity contribution in [1.82, 2.24) is 24.9 Å². The number of carboxylic acid groups (broad SMARTS) is 1. The quantitative estimate of drug-likeness (QED) is 0.277. The Bertz CT molecular complexity index is 1660. The van der Waals surface area contributed by atoms with E-state index in [4.69, 9.17) is 26.2 Å². The second kappa shape index (κ2) is 14.0. The molecule has 1 aromatic heterocycles. The Kier molecular flexibility index (Phi) is 10.3. The van der Waals surface area contributed by atoms with Crippen LogP contribution in [-0.4, -0.2) is 96.5 Å². The molecular formula is C35H43Cl2N5O6. The largest absolute Gasteiger partial charge is 0.496 e. The number of halogens is 2. The summed E-state index contributed by atoms with van der Waals surface area (Å²) in [7, 11) is 8.67. The van der Waals surface area contributed by atoms with Crippen molar-refractivity contribution in [3.05, 3.63) is 58.7 Å². The van der Waals surface area contributed by atoms with Crippen LogP contribution in [0, 0.1) is 23.7 Å². The molecule has 4 aliphatic rings. The van der Waals surface area contributed by atoms with Crippen LogP contribution in [0.25, 0.3) is 16.9 Å². The number of nitrogens with zero attached hydrogens (tertiary/aromatic N) is 4. The number of benzene rings is 2. The Labute approximate surface area is 291 Å². The fraction of sp³-hybridized carbons (Fsp3) is 0.486. The van der Waals surface area contributed by atoms with Crippen molar-refractivity contribution < 1.29 is 29.0 Å². The van der Waals surface area contributed by atoms with Gasteiger partial charge in [0.2, 0.25) is 0 Å². The lowest BCUT2D eigenvalue weighted by Gasteiger charge is -2.59. The Hall–Kier alpha value is -3.80. The molecular weight excluding hydrogens is 657 g/mol. The summed E-state index contributed by atoms with van der Waals surface area (Å²) < 4.78 is 13.0. The van der Waals surface area contributed by atoms with Crippen LogP contribution < -0.4 is 14.8 Å². The lowest BCUT2D eigenvalue weighted by atomic mass is 9.48. The fourth-order valence-corrected chi connectivity index (χ4v) is 8.42. The summed E-state index contributed by atoms with van der Waals surface area (Å²) in [5.41, 5.74) is 0.450. The van der Waals surface area contributed by atoms with E-state index in [0.717, 1.165) is 32.1 Å². The van der Waals surface area contributed by atoms with Crippen molar-refractivity contribution in [3.8, 4) is 28.4 Å². The lowest BCUT2D eigenvalue weighted by molar-refractivity contribution is -0.163. The maximum Gasteiger partial charge on any atom is 0.330 e. The van der Waals surface area contributed by atoms with E-state index in [0.29, 0.717) is 53.4 Å². The van der Waals surface area contributed by atoms with Crippen LogP contribution in [0.3, 0.4) is 0 Å². The molecule has 2 amide bonds. The standard InChI is InChI=1S/C35H42ClN5O6.ClH/c1-39(2)11-12-40(3)33(43)25-18-24(9-10-26(25)36)41-28(31-29(46-4)7-6-8-30(31)47-5)19-27(38-41)32(42)37-35(34(44)45)22-14-20-13-21(16-22)17-23(35)15-20;/h6-10,18-23H,11-17H2,1-5H3,(H,37,42)(H,44,45);1H. The van der Waals surface area contributed by atoms with Gasteiger partial charge in [0.25, 0.3) is 11.8 Å². The molecule has 3 aromatic rings. The average molecular weight is 701 g/mol. The third-order valence-electron chi connectivity index (χ3n) is 10.4. The van der Waals surface area contributed by atoms with Crippen molar-refractivity contribution in [2.75, 3.05) is 48.5 Å². The number of likely N-dealkylation sites (N-methyl/N-ethyl adjacent to an activating group) is 2. The number of aliphatic carboxylic acids is 1. The van der Waals surface area contributed by atoms with E-state index >= 15 is 0 Å². The van der Waals surface area contributed by atoms with E-state index in [9.17, 15) is 19.5 Å². The van der Waals surface area contributed by atoms with E-state index in [1.54, 1.807) is 59.1 Å². The predicted octanol–water partition coefficient (Wildman–Crippen LogP) is 5.27. The molecule has 4 aliphatic carbocycles. The molecule has 4 fully saturated rings. The van der Waals surface area contributed by atoms with Crippen LogP contribution in [-0.2, 0) is 4.79 Å². The third kappa shape index (κ3) is 6.23. The second-order valence-electron chi connectivity index (χ2n) is 13.5. The predicted molar refractivity (Wildman–Crippen MR) is 185 cm³/mol. The van der Waals surface area contributed by atoms with Gasteiger partial charge in [0.05, 0.1) is 41.8 Å². The van der Waals surface area contributed by atoms with Gasteiger partial charge in [-0.2, -0.15) is 5.10 Å². The number of aromatic nitrogens is 2. The summed E-state index contributed by atoms with van der Waals surface area (Å²) >= 11 is 6.56. The SMILES string of the molecule is COc1cccc(OC)c1-c1cc(C(=O)NC2(C(=O)O)C3CC4CC(C3)CC2C4)nn1-c1ccc(Cl)c(C(=O)N(C)CCN(C)C)c1.Cl. The van der Waals surface area contributed by atoms with E-state index in [1.165, 1.54) is 14.2 Å². The minimum Gasteiger partial charge on any atom is -0.496 e. The molecule has 1 heterocycles. The first-order valence-electron chi connectivity index (χ1n) is 16.0. The highest BCUT2D eigenvalue weighted by Gasteiger charge is 2.62. The van der Waals surface area contributed by atoms with Gasteiger partial charge in [-0.25, -0.2) is 9.48 Å². The first-order valence-corrected chi connectivity index (χ1v) is 16.4. The molecule has 0 saturated heterocycles. The van der Waals surface area contributed by atoms with Gasteiger partial charge in [0.1, 0.15) is 17.0 Å². The monoisotopic (exact) mass is 699 g/mol. The highest BCUT2D eigenvalue weighted by molar-refractivity contribution is 6.33. The number of carbonyl (C=O) groups is 3. The first-order chi connectivity index (χ1) is 22.5. The minimum absolute atomic E-state index is 0. The van der Waals surface area contributed by atoms with Crippen molar-refractivity contribution in [2.24, 2.45) is 23.7 Å². The van der Waals surface area contributed by atoms with Crippen LogP contribution in [0.15, 0.2) is 42.5 Å². The van der Waals surface area contributed by atoms with E-state index in [2.05, 4.69) is 5.32 Å². The number of methoxy groups -OCH3 is 2. The van der Waals surface area contributed by atoms with Crippen LogP contribution in [0.2, 0.25) is 5.02 Å². The molecule has 258 valence electrons. The van der Waals surface area contributed by atoms with E-state index < -0.39 is 17.4 Å². The average Bonchev–Trinajstić information content (AvgIpc) is 3.49. The topological polar surface area (TPSA) is 126 Å². The van der Waals surface area contributed by atoms with Crippen LogP contribution in [0.4, 0.5) is 0 Å². The zero-order valence-electron chi connectivity index (χ0n) is 27.9. The number of carbonyl (C=O) groups excluding carboxylic acids is 2. The number of hydrogen-bond acceptors (Lipinski definition) is 7. The van der Waals surface area contributed by atoms with E-state index in [-0.39, 0.29) is 46.4 Å². The van der Waals surface area contributed by atoms with Crippen LogP contribution >= 0.6 is 24.0 Å². The van der Waals surface area contributed by atoms with Gasteiger partial charge in [-0.15, -0.1) is 12.4 Å². The second-order valence-corrected chi connectivity index (χ2v) is 13.9. The molecule has 7 rings (SSSR count). The maximum absolute atomic E-state index is 14.1. The molecule has 0 atom stereocenters. The molecule has 0 unspecified atom stereocenters. The Morgan fingerprint density at radius 2 is 1.56 bits per heavy atom. The normalized spacial score (nSPS) is 23.8. The number of ether oxygens (including phenoxy) is 2. The zero-order chi connectivity index (χ0) is 33.6. The molecule has 0 radical (unpaired) electrons. The van der Waals surface area contributed by atoms with Gasteiger partial charge < -0.3 is 29.7 Å². The molecule has 11 nitrogen and oxygen atoms in total. The molecule has 48 heavy (non-hydrogen) atoms. The maximum atomic E-state index is 14.1. The van der Waals surface area contributed by atoms with Gasteiger partial charge in [-0.1, -0.05) is 17.7 Å². The van der Waals surface area contributed by atoms with Gasteiger partial charge in [0, 0.05) is 20.1 Å². The van der Waals surface area contributed by atoms with Gasteiger partial charge >= 0.3 is 5.97 Å². The van der Waals surface area contributed by atoms with E-state index in [1.807, 2.05) is 19.0 Å². The van der Waals surface area contributed by atoms with Crippen molar-refractivity contribution in [3.63, 3.8) is 0 Å². The summed E-state index contributed by atoms with van der Waals surface area (Å²) in [4.78, 5) is 44.2. The van der Waals surface area contributed by atoms with Crippen molar-refractivity contribution >= 4 is 41.8 Å². The number of amides is 2. The number of nitrogens with one attached hydrogen (secondary N) is 1. The minimum atomic E-state index is -1.34. The molecule has 13 heteroatoms. The van der Waals surface area contributed by atoms with Crippen molar-refractivity contribution in [1.29, 1.82) is 0 Å². The summed E-state index contributed by atoms with van der Waals surface area (Å²) in [6.07, 6.45) is 4.39. The highest BCUT2D eigenvalue weighted by Crippen LogP contribution is 2.58. The molecule has 4 saturated carbocycles. The van der Waals surface area contributed by atoms with Gasteiger partial charge in [-0.05, 0) is 106 Å². The molecule has 2 N–H and O–H groups in total. The van der Waals surface area contributed by atoms with Crippen LogP contribution in [0.1, 0.15) is 53.0 Å². The summed E-state index contributed by atoms with van der Waals surface area (Å²) in [5.74, 6) is -0.0408. The van der Waals surface area contributed by atoms with Gasteiger partial charge in [-0.3, -0.25) is 9.59 Å². The first kappa shape index (κ1) is 35.5. The third-order valence-corrected chi connectivity index (χ3v) is 10.7. The number of carboxylic acids is 1. The molecule has 0 aliphatic heterocycles. The summed E-state index contributed by atoms with van der Waals surface area (Å²) in [6, 6.07) is 12.0. The Balaban J connectivity index is 0.00000451. The number of hydrogen-bond donors (Lipinski definition) is 2. The highest BCUT2D eigenvalue weighted by atomic mass is 35.5. The summed E-state index contributed by atoms with van der Waals surface area (Å²) in [5, 5.41) is 18.7. The fourth-order valence-electron chi connectivity index (χ4n) is 8.22. The molecule has 2 aromatic carbocycles. The smallest absolute Gasteiger partial charge is 0.330 e. The number of rotatable bonds is 11. The van der Waals surface area contributed by atoms with Crippen LogP contribution in [0.5, 0.6) is 11.5 Å². The lowest BCUT2D eigenvalue weighted by Crippen LogP contribution is -2.70. The Morgan fingerprint density at radius 3 is 2.10 bits per heavy atom. The Morgan fingerprint density at radius 1 is 0.958 bits per heavy atom. The summed E-state index contributed by atoms with van der Waals surface area (Å²) in [6.45, 7) is 1.17. The molecule has 0 spiro atoms. The molecule has 4 bridgehead atoms.